The zero-order valence-electron chi connectivity index (χ0n) is 19.0. The minimum absolute atomic E-state index is 0.000336. The van der Waals surface area contributed by atoms with Gasteiger partial charge in [0.1, 0.15) is 5.75 Å². The Balaban J connectivity index is 1.65. The molecule has 2 aromatic heterocycles. The van der Waals surface area contributed by atoms with Gasteiger partial charge in [-0.2, -0.15) is 4.98 Å². The summed E-state index contributed by atoms with van der Waals surface area (Å²) in [6.07, 6.45) is 0.408. The molecule has 0 spiro atoms. The van der Waals surface area contributed by atoms with Gasteiger partial charge in [0.15, 0.2) is 0 Å². The van der Waals surface area contributed by atoms with Crippen molar-refractivity contribution < 1.29 is 19.1 Å². The van der Waals surface area contributed by atoms with Crippen molar-refractivity contribution in [2.45, 2.75) is 13.5 Å². The molecule has 0 saturated heterocycles. The Bertz CT molecular complexity index is 1450. The Morgan fingerprint density at radius 3 is 2.44 bits per heavy atom. The fourth-order valence-corrected chi connectivity index (χ4v) is 3.18. The molecule has 2 aromatic carbocycles. The molecule has 0 aliphatic heterocycles. The molecule has 1 N–H and O–H groups in total. The summed E-state index contributed by atoms with van der Waals surface area (Å²) in [5, 5.41) is 3.47. The van der Waals surface area contributed by atoms with Crippen molar-refractivity contribution in [2.24, 2.45) is 0 Å². The second kappa shape index (κ2) is 11.2. The molecule has 36 heavy (non-hydrogen) atoms. The Morgan fingerprint density at radius 1 is 1.03 bits per heavy atom. The number of aromatic nitrogens is 4. The summed E-state index contributed by atoms with van der Waals surface area (Å²) in [7, 11) is 0. The van der Waals surface area contributed by atoms with E-state index in [-0.39, 0.29) is 23.8 Å². The molecular weight excluding hydrogens is 490 g/mol. The minimum atomic E-state index is -1.21. The lowest BCUT2D eigenvalue weighted by Gasteiger charge is -2.15. The van der Waals surface area contributed by atoms with E-state index in [9.17, 15) is 14.4 Å². The van der Waals surface area contributed by atoms with Crippen LogP contribution < -0.4 is 26.3 Å². The number of nitrogens with zero attached hydrogens (tertiary/aromatic N) is 4. The molecular formula is C24H20ClN5O6. The molecule has 4 aromatic rings. The molecule has 0 fully saturated rings. The second-order valence-electron chi connectivity index (χ2n) is 7.20. The highest BCUT2D eigenvalue weighted by molar-refractivity contribution is 6.30. The average Bonchev–Trinajstić information content (AvgIpc) is 2.87. The number of hydrogen-bond acceptors (Lipinski definition) is 9. The number of nitrogens with one attached hydrogen (secondary N) is 1. The molecule has 0 amide bonds. The summed E-state index contributed by atoms with van der Waals surface area (Å²) >= 11 is 5.96. The summed E-state index contributed by atoms with van der Waals surface area (Å²) in [4.78, 5) is 50.2. The van der Waals surface area contributed by atoms with Crippen LogP contribution in [0.1, 0.15) is 12.5 Å². The first-order valence-corrected chi connectivity index (χ1v) is 11.1. The van der Waals surface area contributed by atoms with E-state index in [4.69, 9.17) is 21.2 Å². The van der Waals surface area contributed by atoms with Gasteiger partial charge in [-0.3, -0.25) is 9.40 Å². The van der Waals surface area contributed by atoms with Crippen LogP contribution in [-0.4, -0.2) is 32.0 Å². The first-order chi connectivity index (χ1) is 17.4. The van der Waals surface area contributed by atoms with E-state index in [1.54, 1.807) is 79.9 Å². The topological polar surface area (TPSA) is 127 Å². The highest BCUT2D eigenvalue weighted by atomic mass is 35.5. The average molecular weight is 510 g/mol. The van der Waals surface area contributed by atoms with Gasteiger partial charge in [0.05, 0.1) is 13.2 Å². The van der Waals surface area contributed by atoms with Gasteiger partial charge in [0.2, 0.25) is 11.8 Å². The molecule has 0 aliphatic rings. The number of carbonyl (C=O) groups excluding carboxylic acids is 1. The molecule has 0 saturated carbocycles. The zero-order valence-corrected chi connectivity index (χ0v) is 19.7. The standard InChI is InChI=1S/C24H20ClN5O6/c1-2-34-24(33)36-30-22(31)28-21(29(23(30)32)15-16-6-8-17(25)9-7-16)27-18-10-12-19(13-11-18)35-20-5-3-4-14-26-20/h3-14H,2,15H2,1H3,(H,27,28,31). The lowest BCUT2D eigenvalue weighted by Crippen LogP contribution is -2.47. The van der Waals surface area contributed by atoms with Crippen LogP contribution in [-0.2, 0) is 11.3 Å². The molecule has 0 unspecified atom stereocenters. The molecule has 12 heteroatoms. The number of halogens is 1. The summed E-state index contributed by atoms with van der Waals surface area (Å²) < 4.78 is 11.7. The van der Waals surface area contributed by atoms with E-state index in [0.29, 0.717) is 27.9 Å². The van der Waals surface area contributed by atoms with E-state index in [1.165, 1.54) is 0 Å². The van der Waals surface area contributed by atoms with Crippen LogP contribution in [0.4, 0.5) is 16.4 Å². The first-order valence-electron chi connectivity index (χ1n) is 10.7. The predicted molar refractivity (Wildman–Crippen MR) is 131 cm³/mol. The number of hydrogen-bond donors (Lipinski definition) is 1. The number of benzene rings is 2. The van der Waals surface area contributed by atoms with E-state index in [2.05, 4.69) is 20.0 Å². The van der Waals surface area contributed by atoms with Crippen LogP contribution in [0.25, 0.3) is 0 Å². The molecule has 0 bridgehead atoms. The fourth-order valence-electron chi connectivity index (χ4n) is 3.05. The van der Waals surface area contributed by atoms with Crippen LogP contribution in [0.15, 0.2) is 82.5 Å². The van der Waals surface area contributed by atoms with Gasteiger partial charge in [-0.25, -0.2) is 19.4 Å². The minimum Gasteiger partial charge on any atom is -0.439 e. The Hall–Kier alpha value is -4.64. The van der Waals surface area contributed by atoms with Crippen LogP contribution in [0.2, 0.25) is 5.02 Å². The van der Waals surface area contributed by atoms with Gasteiger partial charge >= 0.3 is 17.5 Å². The summed E-state index contributed by atoms with van der Waals surface area (Å²) in [6, 6.07) is 18.8. The summed E-state index contributed by atoms with van der Waals surface area (Å²) in [6.45, 7) is 1.55. The normalized spacial score (nSPS) is 10.5. The van der Waals surface area contributed by atoms with Crippen molar-refractivity contribution in [1.82, 2.24) is 19.3 Å². The van der Waals surface area contributed by atoms with E-state index < -0.39 is 17.5 Å². The SMILES string of the molecule is CCOC(=O)On1c(=O)nc(Nc2ccc(Oc3ccccn3)cc2)n(Cc2ccc(Cl)cc2)c1=O. The largest absolute Gasteiger partial charge is 0.534 e. The van der Waals surface area contributed by atoms with Crippen molar-refractivity contribution >= 4 is 29.4 Å². The molecule has 0 atom stereocenters. The van der Waals surface area contributed by atoms with Gasteiger partial charge in [-0.15, -0.1) is 0 Å². The molecule has 11 nitrogen and oxygen atoms in total. The van der Waals surface area contributed by atoms with Crippen molar-refractivity contribution in [3.05, 3.63) is 104 Å². The zero-order chi connectivity index (χ0) is 25.5. The van der Waals surface area contributed by atoms with E-state index in [0.717, 1.165) is 4.57 Å². The smallest absolute Gasteiger partial charge is 0.439 e. The maximum atomic E-state index is 13.1. The third-order valence-corrected chi connectivity index (χ3v) is 4.94. The van der Waals surface area contributed by atoms with E-state index >= 15 is 0 Å². The van der Waals surface area contributed by atoms with Crippen molar-refractivity contribution in [1.29, 1.82) is 0 Å². The third kappa shape index (κ3) is 6.07. The van der Waals surface area contributed by atoms with Gasteiger partial charge in [-0.05, 0) is 55.0 Å². The van der Waals surface area contributed by atoms with Crippen molar-refractivity contribution in [3.8, 4) is 11.6 Å². The molecule has 0 radical (unpaired) electrons. The van der Waals surface area contributed by atoms with Crippen molar-refractivity contribution in [3.63, 3.8) is 0 Å². The quantitative estimate of drug-likeness (QED) is 0.354. The van der Waals surface area contributed by atoms with Gasteiger partial charge < -0.3 is 14.8 Å². The Labute approximate surface area is 209 Å². The number of rotatable bonds is 8. The summed E-state index contributed by atoms with van der Waals surface area (Å²) in [5.74, 6) is 0.896. The number of anilines is 2. The predicted octanol–water partition coefficient (Wildman–Crippen LogP) is 3.62. The fraction of sp³-hybridized carbons (Fsp3) is 0.125. The van der Waals surface area contributed by atoms with Crippen LogP contribution in [0.3, 0.4) is 0 Å². The van der Waals surface area contributed by atoms with Crippen LogP contribution in [0.5, 0.6) is 11.6 Å². The monoisotopic (exact) mass is 509 g/mol. The maximum absolute atomic E-state index is 13.1. The highest BCUT2D eigenvalue weighted by Crippen LogP contribution is 2.22. The lowest BCUT2D eigenvalue weighted by atomic mass is 10.2. The van der Waals surface area contributed by atoms with Crippen molar-refractivity contribution in [2.75, 3.05) is 11.9 Å². The molecule has 2 heterocycles. The molecule has 184 valence electrons. The number of carbonyl (C=O) groups is 1. The second-order valence-corrected chi connectivity index (χ2v) is 7.64. The Kier molecular flexibility index (Phi) is 7.61. The van der Waals surface area contributed by atoms with Gasteiger partial charge in [-0.1, -0.05) is 34.5 Å². The number of pyridine rings is 1. The maximum Gasteiger partial charge on any atom is 0.534 e. The first kappa shape index (κ1) is 24.5. The van der Waals surface area contributed by atoms with Gasteiger partial charge in [0.25, 0.3) is 0 Å². The van der Waals surface area contributed by atoms with E-state index in [1.807, 2.05) is 0 Å². The summed E-state index contributed by atoms with van der Waals surface area (Å²) in [5.41, 5.74) is -0.830. The Morgan fingerprint density at radius 2 is 1.78 bits per heavy atom. The highest BCUT2D eigenvalue weighted by Gasteiger charge is 2.18. The van der Waals surface area contributed by atoms with Gasteiger partial charge in [0, 0.05) is 23.0 Å². The molecule has 0 aliphatic carbocycles. The van der Waals surface area contributed by atoms with Crippen LogP contribution >= 0.6 is 11.6 Å². The molecule has 4 rings (SSSR count). The lowest BCUT2D eigenvalue weighted by molar-refractivity contribution is 0.0416. The van der Waals surface area contributed by atoms with Crippen LogP contribution in [0, 0.1) is 0 Å². The number of ether oxygens (including phenoxy) is 2. The third-order valence-electron chi connectivity index (χ3n) is 4.69.